The molecule has 0 saturated carbocycles. The minimum Gasteiger partial charge on any atom is -0.481 e. The highest BCUT2D eigenvalue weighted by molar-refractivity contribution is 5.69. The maximum absolute atomic E-state index is 12.3. The first kappa shape index (κ1) is 32.9. The normalized spacial score (nSPS) is 12.1. The molecule has 0 aromatic rings. The molecule has 0 aliphatic rings. The summed E-state index contributed by atoms with van der Waals surface area (Å²) < 4.78 is 5.67. The van der Waals surface area contributed by atoms with Gasteiger partial charge in [-0.25, -0.2) is 0 Å². The summed E-state index contributed by atoms with van der Waals surface area (Å²) in [4.78, 5) is 23.2. The third-order valence-electron chi connectivity index (χ3n) is 6.84. The van der Waals surface area contributed by atoms with Crippen LogP contribution in [0.2, 0.25) is 0 Å². The van der Waals surface area contributed by atoms with Crippen LogP contribution < -0.4 is 0 Å². The van der Waals surface area contributed by atoms with Gasteiger partial charge in [0, 0.05) is 12.8 Å². The SMILES string of the molecule is CCCCCCCCCCCCCCC(=O)OC(CCCCCCCCCCC)CCC(=O)O. The Hall–Kier alpha value is -1.06. The number of carboxylic acid groups (broad SMARTS) is 1. The van der Waals surface area contributed by atoms with Gasteiger partial charge < -0.3 is 9.84 Å². The lowest BCUT2D eigenvalue weighted by Crippen LogP contribution is -2.19. The third-order valence-corrected chi connectivity index (χ3v) is 6.84. The third kappa shape index (κ3) is 25.6. The van der Waals surface area contributed by atoms with Gasteiger partial charge in [0.15, 0.2) is 0 Å². The number of carboxylic acids is 1. The van der Waals surface area contributed by atoms with Gasteiger partial charge in [-0.3, -0.25) is 9.59 Å². The van der Waals surface area contributed by atoms with Crippen molar-refractivity contribution in [2.24, 2.45) is 0 Å². The zero-order valence-electron chi connectivity index (χ0n) is 22.9. The van der Waals surface area contributed by atoms with Crippen molar-refractivity contribution in [3.8, 4) is 0 Å². The number of carbonyl (C=O) groups excluding carboxylic acids is 1. The van der Waals surface area contributed by atoms with Crippen molar-refractivity contribution in [3.05, 3.63) is 0 Å². The predicted octanol–water partition coefficient (Wildman–Crippen LogP) is 9.78. The van der Waals surface area contributed by atoms with E-state index in [0.29, 0.717) is 12.8 Å². The molecular formula is C30H58O4. The van der Waals surface area contributed by atoms with E-state index in [1.807, 2.05) is 0 Å². The van der Waals surface area contributed by atoms with Crippen molar-refractivity contribution < 1.29 is 19.4 Å². The van der Waals surface area contributed by atoms with Crippen molar-refractivity contribution in [2.75, 3.05) is 0 Å². The Kier molecular flexibility index (Phi) is 25.7. The molecule has 0 radical (unpaired) electrons. The lowest BCUT2D eigenvalue weighted by Gasteiger charge is -2.17. The maximum Gasteiger partial charge on any atom is 0.306 e. The molecule has 4 nitrogen and oxygen atoms in total. The molecule has 1 unspecified atom stereocenters. The van der Waals surface area contributed by atoms with Crippen molar-refractivity contribution in [1.82, 2.24) is 0 Å². The highest BCUT2D eigenvalue weighted by Gasteiger charge is 2.15. The fourth-order valence-electron chi connectivity index (χ4n) is 4.58. The molecule has 0 saturated heterocycles. The van der Waals surface area contributed by atoms with Gasteiger partial charge in [-0.15, -0.1) is 0 Å². The molecule has 1 N–H and O–H groups in total. The molecule has 0 aliphatic heterocycles. The van der Waals surface area contributed by atoms with Crippen LogP contribution >= 0.6 is 0 Å². The lowest BCUT2D eigenvalue weighted by atomic mass is 10.0. The van der Waals surface area contributed by atoms with Gasteiger partial charge >= 0.3 is 11.9 Å². The van der Waals surface area contributed by atoms with Crippen molar-refractivity contribution in [2.45, 2.75) is 180 Å². The van der Waals surface area contributed by atoms with E-state index in [0.717, 1.165) is 32.1 Å². The Bertz CT molecular complexity index is 449. The van der Waals surface area contributed by atoms with Crippen LogP contribution in [0.4, 0.5) is 0 Å². The fourth-order valence-corrected chi connectivity index (χ4v) is 4.58. The molecule has 202 valence electrons. The topological polar surface area (TPSA) is 63.6 Å². The standard InChI is InChI=1S/C30H58O4/c1-3-5-7-9-11-13-14-15-17-19-21-23-25-30(33)34-28(26-27-29(31)32)24-22-20-18-16-12-10-8-6-4-2/h28H,3-27H2,1-2H3,(H,31,32). The molecule has 0 rings (SSSR count). The number of hydrogen-bond donors (Lipinski definition) is 1. The number of rotatable bonds is 27. The van der Waals surface area contributed by atoms with E-state index in [1.165, 1.54) is 109 Å². The Morgan fingerprint density at radius 3 is 1.32 bits per heavy atom. The molecule has 0 heterocycles. The zero-order chi connectivity index (χ0) is 25.1. The fraction of sp³-hybridized carbons (Fsp3) is 0.933. The molecule has 0 bridgehead atoms. The quantitative estimate of drug-likeness (QED) is 0.0934. The van der Waals surface area contributed by atoms with Gasteiger partial charge in [-0.1, -0.05) is 136 Å². The number of unbranched alkanes of at least 4 members (excludes halogenated alkanes) is 19. The van der Waals surface area contributed by atoms with Gasteiger partial charge in [-0.2, -0.15) is 0 Å². The lowest BCUT2D eigenvalue weighted by molar-refractivity contribution is -0.151. The Morgan fingerprint density at radius 1 is 0.529 bits per heavy atom. The molecule has 34 heavy (non-hydrogen) atoms. The number of carbonyl (C=O) groups is 2. The smallest absolute Gasteiger partial charge is 0.306 e. The summed E-state index contributed by atoms with van der Waals surface area (Å²) in [6.07, 6.45) is 28.2. The van der Waals surface area contributed by atoms with Gasteiger partial charge in [0.2, 0.25) is 0 Å². The highest BCUT2D eigenvalue weighted by Crippen LogP contribution is 2.17. The van der Waals surface area contributed by atoms with Gasteiger partial charge in [0.1, 0.15) is 6.10 Å². The van der Waals surface area contributed by atoms with Crippen LogP contribution in [0.15, 0.2) is 0 Å². The second-order valence-corrected chi connectivity index (χ2v) is 10.3. The highest BCUT2D eigenvalue weighted by atomic mass is 16.5. The van der Waals surface area contributed by atoms with Crippen molar-refractivity contribution >= 4 is 11.9 Å². The van der Waals surface area contributed by atoms with Gasteiger partial charge in [-0.05, 0) is 25.7 Å². The predicted molar refractivity (Wildman–Crippen MR) is 144 cm³/mol. The summed E-state index contributed by atoms with van der Waals surface area (Å²) in [6.45, 7) is 4.50. The first-order chi connectivity index (χ1) is 16.6. The van der Waals surface area contributed by atoms with Crippen LogP contribution in [0, 0.1) is 0 Å². The molecule has 4 heteroatoms. The summed E-state index contributed by atoms with van der Waals surface area (Å²) >= 11 is 0. The minimum atomic E-state index is -0.811. The second kappa shape index (κ2) is 26.5. The molecule has 1 atom stereocenters. The van der Waals surface area contributed by atoms with Crippen LogP contribution in [0.3, 0.4) is 0 Å². The van der Waals surface area contributed by atoms with E-state index in [1.54, 1.807) is 0 Å². The van der Waals surface area contributed by atoms with Crippen LogP contribution in [-0.4, -0.2) is 23.1 Å². The Balaban J connectivity index is 3.77. The van der Waals surface area contributed by atoms with Gasteiger partial charge in [0.05, 0.1) is 0 Å². The van der Waals surface area contributed by atoms with Crippen LogP contribution in [0.25, 0.3) is 0 Å². The zero-order valence-corrected chi connectivity index (χ0v) is 22.9. The van der Waals surface area contributed by atoms with E-state index >= 15 is 0 Å². The second-order valence-electron chi connectivity index (χ2n) is 10.3. The van der Waals surface area contributed by atoms with E-state index in [-0.39, 0.29) is 18.5 Å². The minimum absolute atomic E-state index is 0.0774. The number of hydrogen-bond acceptors (Lipinski definition) is 3. The summed E-state index contributed by atoms with van der Waals surface area (Å²) in [5.41, 5.74) is 0. The van der Waals surface area contributed by atoms with Crippen molar-refractivity contribution in [1.29, 1.82) is 0 Å². The summed E-state index contributed by atoms with van der Waals surface area (Å²) in [5, 5.41) is 9.01. The van der Waals surface area contributed by atoms with Crippen LogP contribution in [-0.2, 0) is 14.3 Å². The van der Waals surface area contributed by atoms with Crippen LogP contribution in [0.1, 0.15) is 174 Å². The van der Waals surface area contributed by atoms with Crippen LogP contribution in [0.5, 0.6) is 0 Å². The van der Waals surface area contributed by atoms with E-state index in [2.05, 4.69) is 13.8 Å². The molecule has 0 aliphatic carbocycles. The van der Waals surface area contributed by atoms with Crippen molar-refractivity contribution in [3.63, 3.8) is 0 Å². The molecule has 0 aromatic carbocycles. The average Bonchev–Trinajstić information content (AvgIpc) is 2.81. The largest absolute Gasteiger partial charge is 0.481 e. The monoisotopic (exact) mass is 482 g/mol. The summed E-state index contributed by atoms with van der Waals surface area (Å²) in [5.74, 6) is -0.951. The maximum atomic E-state index is 12.3. The van der Waals surface area contributed by atoms with E-state index < -0.39 is 5.97 Å². The molecule has 0 fully saturated rings. The molecule has 0 aromatic heterocycles. The number of ether oxygens (including phenoxy) is 1. The molecule has 0 amide bonds. The van der Waals surface area contributed by atoms with E-state index in [4.69, 9.17) is 9.84 Å². The number of aliphatic carboxylic acids is 1. The number of esters is 1. The van der Waals surface area contributed by atoms with Gasteiger partial charge in [0.25, 0.3) is 0 Å². The van der Waals surface area contributed by atoms with E-state index in [9.17, 15) is 9.59 Å². The summed E-state index contributed by atoms with van der Waals surface area (Å²) in [6, 6.07) is 0. The Labute approximate surface area is 212 Å². The molecule has 0 spiro atoms. The molecular weight excluding hydrogens is 424 g/mol. The first-order valence-electron chi connectivity index (χ1n) is 15.0. The Morgan fingerprint density at radius 2 is 0.912 bits per heavy atom. The summed E-state index contributed by atoms with van der Waals surface area (Å²) in [7, 11) is 0. The average molecular weight is 483 g/mol. The first-order valence-corrected chi connectivity index (χ1v) is 15.0.